The molecule has 0 bridgehead atoms. The molecular weight excluding hydrogens is 320 g/mol. The van der Waals surface area contributed by atoms with Crippen LogP contribution in [0.5, 0.6) is 0 Å². The van der Waals surface area contributed by atoms with Gasteiger partial charge in [-0.2, -0.15) is 0 Å². The second kappa shape index (κ2) is 5.90. The van der Waals surface area contributed by atoms with Crippen LogP contribution in [0.4, 0.5) is 5.69 Å². The molecule has 4 rings (SSSR count). The van der Waals surface area contributed by atoms with E-state index in [-0.39, 0.29) is 0 Å². The summed E-state index contributed by atoms with van der Waals surface area (Å²) in [6.07, 6.45) is 2.11. The molecule has 5 heteroatoms. The maximum absolute atomic E-state index is 12.9. The summed E-state index contributed by atoms with van der Waals surface area (Å²) >= 11 is 0. The molecule has 24 heavy (non-hydrogen) atoms. The SMILES string of the molecule is Cc1ccc(S(=O)(=O)c2ccc3c(c2)[C@H]2CCNCCC2N3)cc1. The highest BCUT2D eigenvalue weighted by atomic mass is 32.2. The van der Waals surface area contributed by atoms with Crippen LogP contribution in [0, 0.1) is 6.92 Å². The Morgan fingerprint density at radius 1 is 0.958 bits per heavy atom. The predicted octanol–water partition coefficient (Wildman–Crippen LogP) is 3.09. The number of benzene rings is 2. The van der Waals surface area contributed by atoms with Gasteiger partial charge in [0.05, 0.1) is 9.79 Å². The van der Waals surface area contributed by atoms with E-state index in [1.165, 1.54) is 0 Å². The van der Waals surface area contributed by atoms with Gasteiger partial charge in [-0.25, -0.2) is 8.42 Å². The van der Waals surface area contributed by atoms with Gasteiger partial charge in [-0.3, -0.25) is 0 Å². The Hall–Kier alpha value is -1.85. The maximum atomic E-state index is 12.9. The van der Waals surface area contributed by atoms with E-state index >= 15 is 0 Å². The Morgan fingerprint density at radius 3 is 2.46 bits per heavy atom. The molecule has 4 nitrogen and oxygen atoms in total. The molecule has 2 heterocycles. The van der Waals surface area contributed by atoms with Crippen LogP contribution in [0.3, 0.4) is 0 Å². The summed E-state index contributed by atoms with van der Waals surface area (Å²) < 4.78 is 25.9. The third-order valence-corrected chi connectivity index (χ3v) is 6.92. The molecule has 2 aromatic carbocycles. The monoisotopic (exact) mass is 342 g/mol. The predicted molar refractivity (Wildman–Crippen MR) is 95.3 cm³/mol. The Labute approximate surface area is 143 Å². The van der Waals surface area contributed by atoms with Gasteiger partial charge in [0.2, 0.25) is 9.84 Å². The lowest BCUT2D eigenvalue weighted by Gasteiger charge is -2.16. The molecule has 0 amide bonds. The second-order valence-corrected chi connectivity index (χ2v) is 8.70. The zero-order valence-corrected chi connectivity index (χ0v) is 14.6. The van der Waals surface area contributed by atoms with E-state index in [0.717, 1.165) is 42.7 Å². The van der Waals surface area contributed by atoms with Crippen LogP contribution in [0.15, 0.2) is 52.3 Å². The minimum atomic E-state index is -3.47. The zero-order chi connectivity index (χ0) is 16.7. The van der Waals surface area contributed by atoms with Gasteiger partial charge in [0.15, 0.2) is 0 Å². The lowest BCUT2D eigenvalue weighted by Crippen LogP contribution is -2.21. The van der Waals surface area contributed by atoms with Crippen molar-refractivity contribution < 1.29 is 8.42 Å². The molecule has 126 valence electrons. The summed E-state index contributed by atoms with van der Waals surface area (Å²) in [6, 6.07) is 13.0. The van der Waals surface area contributed by atoms with E-state index in [0.29, 0.717) is 21.8 Å². The largest absolute Gasteiger partial charge is 0.381 e. The molecule has 2 aromatic rings. The van der Waals surface area contributed by atoms with Crippen LogP contribution in [-0.2, 0) is 9.84 Å². The van der Waals surface area contributed by atoms with Crippen molar-refractivity contribution in [1.29, 1.82) is 0 Å². The summed E-state index contributed by atoms with van der Waals surface area (Å²) in [4.78, 5) is 0.753. The third kappa shape index (κ3) is 2.62. The van der Waals surface area contributed by atoms with Crippen LogP contribution < -0.4 is 10.6 Å². The molecule has 0 aliphatic carbocycles. The van der Waals surface area contributed by atoms with Crippen molar-refractivity contribution in [3.05, 3.63) is 53.6 Å². The smallest absolute Gasteiger partial charge is 0.206 e. The number of fused-ring (bicyclic) bond motifs is 3. The molecule has 0 radical (unpaired) electrons. The number of anilines is 1. The Morgan fingerprint density at radius 2 is 1.67 bits per heavy atom. The van der Waals surface area contributed by atoms with Crippen molar-refractivity contribution in [2.45, 2.75) is 41.5 Å². The van der Waals surface area contributed by atoms with Crippen LogP contribution in [0.2, 0.25) is 0 Å². The fourth-order valence-electron chi connectivity index (χ4n) is 3.79. The molecule has 0 saturated carbocycles. The normalized spacial score (nSPS) is 23.0. The van der Waals surface area contributed by atoms with Crippen LogP contribution in [0.1, 0.15) is 29.9 Å². The molecule has 2 aliphatic heterocycles. The molecule has 0 aromatic heterocycles. The van der Waals surface area contributed by atoms with Crippen molar-refractivity contribution in [2.75, 3.05) is 18.4 Å². The number of nitrogens with one attached hydrogen (secondary N) is 2. The minimum absolute atomic E-state index is 0.359. The van der Waals surface area contributed by atoms with Crippen LogP contribution in [0.25, 0.3) is 0 Å². The standard InChI is InChI=1S/C19H22N2O2S/c1-13-2-4-14(5-3-13)24(22,23)15-6-7-18-17(12-15)16-8-10-20-11-9-19(16)21-18/h2-7,12,16,19-21H,8-11H2,1H3/t16-,19?/m1/s1. The molecule has 0 spiro atoms. The Kier molecular flexibility index (Phi) is 3.85. The van der Waals surface area contributed by atoms with E-state index in [9.17, 15) is 8.42 Å². The topological polar surface area (TPSA) is 58.2 Å². The number of hydrogen-bond acceptors (Lipinski definition) is 4. The average Bonchev–Trinajstić information content (AvgIpc) is 2.75. The first-order valence-electron chi connectivity index (χ1n) is 8.49. The summed E-state index contributed by atoms with van der Waals surface area (Å²) in [7, 11) is -3.47. The summed E-state index contributed by atoms with van der Waals surface area (Å²) in [6.45, 7) is 3.95. The van der Waals surface area contributed by atoms with Crippen LogP contribution >= 0.6 is 0 Å². The van der Waals surface area contributed by atoms with Crippen molar-refractivity contribution in [3.63, 3.8) is 0 Å². The van der Waals surface area contributed by atoms with Crippen molar-refractivity contribution in [2.24, 2.45) is 0 Å². The highest BCUT2D eigenvalue weighted by Crippen LogP contribution is 2.41. The average molecular weight is 342 g/mol. The highest BCUT2D eigenvalue weighted by molar-refractivity contribution is 7.91. The van der Waals surface area contributed by atoms with Crippen molar-refractivity contribution in [1.82, 2.24) is 5.32 Å². The molecule has 2 N–H and O–H groups in total. The van der Waals surface area contributed by atoms with E-state index in [2.05, 4.69) is 10.6 Å². The third-order valence-electron chi connectivity index (χ3n) is 5.15. The van der Waals surface area contributed by atoms with E-state index in [1.54, 1.807) is 18.2 Å². The minimum Gasteiger partial charge on any atom is -0.381 e. The molecule has 1 fully saturated rings. The first-order chi connectivity index (χ1) is 11.6. The molecule has 1 saturated heterocycles. The number of sulfone groups is 1. The molecule has 2 atom stereocenters. The fraction of sp³-hybridized carbons (Fsp3) is 0.368. The van der Waals surface area contributed by atoms with E-state index < -0.39 is 9.84 Å². The van der Waals surface area contributed by atoms with Gasteiger partial charge < -0.3 is 10.6 Å². The summed E-state index contributed by atoms with van der Waals surface area (Å²) in [5, 5.41) is 6.99. The highest BCUT2D eigenvalue weighted by Gasteiger charge is 2.33. The number of hydrogen-bond donors (Lipinski definition) is 2. The van der Waals surface area contributed by atoms with Crippen molar-refractivity contribution >= 4 is 15.5 Å². The molecular formula is C19H22N2O2S. The lowest BCUT2D eigenvalue weighted by atomic mass is 9.91. The van der Waals surface area contributed by atoms with Crippen molar-refractivity contribution in [3.8, 4) is 0 Å². The molecule has 1 unspecified atom stereocenters. The lowest BCUT2D eigenvalue weighted by molar-refractivity contribution is 0.576. The Bertz CT molecular complexity index is 859. The fourth-order valence-corrected chi connectivity index (χ4v) is 5.08. The first kappa shape index (κ1) is 15.7. The van der Waals surface area contributed by atoms with Gasteiger partial charge in [0.25, 0.3) is 0 Å². The van der Waals surface area contributed by atoms with E-state index in [4.69, 9.17) is 0 Å². The second-order valence-electron chi connectivity index (χ2n) is 6.75. The summed E-state index contributed by atoms with van der Waals surface area (Å²) in [5.41, 5.74) is 3.30. The van der Waals surface area contributed by atoms with Gasteiger partial charge >= 0.3 is 0 Å². The van der Waals surface area contributed by atoms with Gasteiger partial charge in [-0.05, 0) is 68.8 Å². The first-order valence-corrected chi connectivity index (χ1v) is 9.97. The van der Waals surface area contributed by atoms with Gasteiger partial charge in [-0.15, -0.1) is 0 Å². The van der Waals surface area contributed by atoms with E-state index in [1.807, 2.05) is 31.2 Å². The summed E-state index contributed by atoms with van der Waals surface area (Å²) in [5.74, 6) is 0.392. The van der Waals surface area contributed by atoms with Crippen LogP contribution in [-0.4, -0.2) is 27.5 Å². The van der Waals surface area contributed by atoms with Gasteiger partial charge in [0, 0.05) is 17.6 Å². The van der Waals surface area contributed by atoms with Gasteiger partial charge in [0.1, 0.15) is 0 Å². The Balaban J connectivity index is 1.73. The maximum Gasteiger partial charge on any atom is 0.206 e. The quantitative estimate of drug-likeness (QED) is 0.880. The number of aryl methyl sites for hydroxylation is 1. The number of rotatable bonds is 2. The zero-order valence-electron chi connectivity index (χ0n) is 13.7. The molecule has 2 aliphatic rings. The van der Waals surface area contributed by atoms with Gasteiger partial charge in [-0.1, -0.05) is 17.7 Å².